The lowest BCUT2D eigenvalue weighted by atomic mass is 10.00. The first-order valence-electron chi connectivity index (χ1n) is 9.24. The van der Waals surface area contributed by atoms with Crippen LogP contribution in [0.5, 0.6) is 5.75 Å². The minimum Gasteiger partial charge on any atom is -0.485 e. The summed E-state index contributed by atoms with van der Waals surface area (Å²) in [6, 6.07) is 6.63. The zero-order valence-corrected chi connectivity index (χ0v) is 17.0. The lowest BCUT2D eigenvalue weighted by Crippen LogP contribution is -2.13. The Morgan fingerprint density at radius 2 is 1.90 bits per heavy atom. The molecule has 0 amide bonds. The van der Waals surface area contributed by atoms with Crippen LogP contribution in [-0.2, 0) is 4.74 Å². The number of aromatic amines is 1. The smallest absolute Gasteiger partial charge is 0.339 e. The van der Waals surface area contributed by atoms with Crippen LogP contribution in [0.3, 0.4) is 0 Å². The molecule has 7 heteroatoms. The number of benzene rings is 1. The molecule has 0 saturated carbocycles. The van der Waals surface area contributed by atoms with Gasteiger partial charge in [-0.25, -0.2) is 9.59 Å². The number of hydrogen-bond acceptors (Lipinski definition) is 6. The molecule has 0 radical (unpaired) electrons. The van der Waals surface area contributed by atoms with Crippen LogP contribution in [0.25, 0.3) is 11.0 Å². The number of ether oxygens (including phenoxy) is 2. The van der Waals surface area contributed by atoms with Crippen LogP contribution in [-0.4, -0.2) is 30.5 Å². The van der Waals surface area contributed by atoms with Gasteiger partial charge in [0.1, 0.15) is 11.3 Å². The first-order valence-corrected chi connectivity index (χ1v) is 9.24. The van der Waals surface area contributed by atoms with Gasteiger partial charge >= 0.3 is 11.6 Å². The number of methoxy groups -OCH3 is 1. The van der Waals surface area contributed by atoms with Gasteiger partial charge < -0.3 is 18.9 Å². The van der Waals surface area contributed by atoms with Gasteiger partial charge in [-0.05, 0) is 43.0 Å². The highest BCUT2D eigenvalue weighted by atomic mass is 16.5. The van der Waals surface area contributed by atoms with Gasteiger partial charge in [0, 0.05) is 23.2 Å². The molecule has 0 aliphatic rings. The van der Waals surface area contributed by atoms with Crippen molar-refractivity contribution >= 4 is 22.7 Å². The van der Waals surface area contributed by atoms with Crippen LogP contribution in [0.15, 0.2) is 33.5 Å². The van der Waals surface area contributed by atoms with Crippen molar-refractivity contribution in [1.29, 1.82) is 0 Å². The fourth-order valence-corrected chi connectivity index (χ4v) is 3.39. The normalized spacial score (nSPS) is 11.1. The third kappa shape index (κ3) is 3.94. The maximum Gasteiger partial charge on any atom is 0.339 e. The Bertz CT molecular complexity index is 1150. The number of hydrogen-bond donors (Lipinski definition) is 1. The quantitative estimate of drug-likeness (QED) is 0.385. The van der Waals surface area contributed by atoms with Gasteiger partial charge in [-0.2, -0.15) is 0 Å². The molecule has 3 aromatic rings. The molecule has 0 atom stereocenters. The fourth-order valence-electron chi connectivity index (χ4n) is 3.39. The molecule has 0 fully saturated rings. The fraction of sp³-hybridized carbons (Fsp3) is 0.318. The number of aromatic nitrogens is 1. The van der Waals surface area contributed by atoms with E-state index in [1.807, 2.05) is 19.9 Å². The molecule has 2 aromatic heterocycles. The number of H-pyrrole nitrogens is 1. The van der Waals surface area contributed by atoms with Crippen molar-refractivity contribution in [2.75, 3.05) is 13.7 Å². The summed E-state index contributed by atoms with van der Waals surface area (Å²) in [4.78, 5) is 39.2. The van der Waals surface area contributed by atoms with Gasteiger partial charge in [0.15, 0.2) is 6.61 Å². The van der Waals surface area contributed by atoms with Crippen LogP contribution in [0.2, 0.25) is 0 Å². The van der Waals surface area contributed by atoms with Crippen molar-refractivity contribution in [3.05, 3.63) is 62.8 Å². The average molecular weight is 397 g/mol. The number of carbonyl (C=O) groups is 2. The second-order valence-electron chi connectivity index (χ2n) is 7.16. The molecule has 0 aliphatic heterocycles. The molecule has 0 unspecified atom stereocenters. The van der Waals surface area contributed by atoms with Gasteiger partial charge in [0.05, 0.1) is 18.4 Å². The molecule has 3 rings (SSSR count). The van der Waals surface area contributed by atoms with Crippen molar-refractivity contribution in [2.24, 2.45) is 0 Å². The minimum absolute atomic E-state index is 0.165. The largest absolute Gasteiger partial charge is 0.485 e. The van der Waals surface area contributed by atoms with E-state index in [-0.39, 0.29) is 18.3 Å². The molecule has 152 valence electrons. The van der Waals surface area contributed by atoms with Crippen molar-refractivity contribution in [2.45, 2.75) is 33.6 Å². The van der Waals surface area contributed by atoms with Gasteiger partial charge in [-0.1, -0.05) is 13.8 Å². The molecular weight excluding hydrogens is 374 g/mol. The van der Waals surface area contributed by atoms with Crippen LogP contribution in [0, 0.1) is 13.8 Å². The highest BCUT2D eigenvalue weighted by Gasteiger charge is 2.22. The number of fused-ring (bicyclic) bond motifs is 1. The molecule has 7 nitrogen and oxygen atoms in total. The third-order valence-electron chi connectivity index (χ3n) is 4.85. The molecule has 0 aliphatic carbocycles. The van der Waals surface area contributed by atoms with E-state index in [0.717, 1.165) is 10.9 Å². The van der Waals surface area contributed by atoms with E-state index < -0.39 is 11.6 Å². The Labute approximate surface area is 167 Å². The lowest BCUT2D eigenvalue weighted by molar-refractivity contribution is 0.0599. The number of esters is 1. The summed E-state index contributed by atoms with van der Waals surface area (Å²) in [5, 5.41) is 0.830. The van der Waals surface area contributed by atoms with Gasteiger partial charge in [0.25, 0.3) is 0 Å². The summed E-state index contributed by atoms with van der Waals surface area (Å²) in [6.07, 6.45) is 0. The second kappa shape index (κ2) is 7.95. The first kappa shape index (κ1) is 20.4. The van der Waals surface area contributed by atoms with Gasteiger partial charge in [-0.3, -0.25) is 4.79 Å². The van der Waals surface area contributed by atoms with E-state index in [0.29, 0.717) is 33.8 Å². The average Bonchev–Trinajstić information content (AvgIpc) is 2.98. The summed E-state index contributed by atoms with van der Waals surface area (Å²) < 4.78 is 15.7. The van der Waals surface area contributed by atoms with E-state index in [4.69, 9.17) is 13.9 Å². The number of nitrogens with one attached hydrogen (secondary N) is 1. The van der Waals surface area contributed by atoms with E-state index in [1.165, 1.54) is 13.2 Å². The SMILES string of the molecule is COC(=O)c1c(C)[nH]c(C(=O)COc2ccc3c(C(C)C)cc(=O)oc3c2)c1C. The van der Waals surface area contributed by atoms with Gasteiger partial charge in [-0.15, -0.1) is 0 Å². The van der Waals surface area contributed by atoms with Crippen LogP contribution >= 0.6 is 0 Å². The predicted molar refractivity (Wildman–Crippen MR) is 108 cm³/mol. The summed E-state index contributed by atoms with van der Waals surface area (Å²) in [5.74, 6) is -0.234. The summed E-state index contributed by atoms with van der Waals surface area (Å²) >= 11 is 0. The lowest BCUT2D eigenvalue weighted by Gasteiger charge is -2.10. The van der Waals surface area contributed by atoms with Gasteiger partial charge in [0.2, 0.25) is 5.78 Å². The van der Waals surface area contributed by atoms with Crippen LogP contribution in [0.1, 0.15) is 57.4 Å². The van der Waals surface area contributed by atoms with Crippen molar-refractivity contribution < 1.29 is 23.5 Å². The first-order chi connectivity index (χ1) is 13.7. The van der Waals surface area contributed by atoms with Crippen molar-refractivity contribution in [3.63, 3.8) is 0 Å². The number of rotatable bonds is 6. The maximum atomic E-state index is 12.6. The monoisotopic (exact) mass is 397 g/mol. The third-order valence-corrected chi connectivity index (χ3v) is 4.85. The zero-order chi connectivity index (χ0) is 21.3. The number of ketones is 1. The van der Waals surface area contributed by atoms with Crippen molar-refractivity contribution in [1.82, 2.24) is 4.98 Å². The summed E-state index contributed by atoms with van der Waals surface area (Å²) in [5.41, 5.74) is 2.61. The molecular formula is C22H23NO6. The Morgan fingerprint density at radius 1 is 1.17 bits per heavy atom. The number of aryl methyl sites for hydroxylation is 1. The Balaban J connectivity index is 1.83. The van der Waals surface area contributed by atoms with E-state index in [9.17, 15) is 14.4 Å². The Hall–Kier alpha value is -3.35. The van der Waals surface area contributed by atoms with Crippen LogP contribution < -0.4 is 10.4 Å². The standard InChI is InChI=1S/C22H23NO6/c1-11(2)16-9-19(25)29-18-8-14(6-7-15(16)18)28-10-17(24)21-12(3)20(13(4)23-21)22(26)27-5/h6-9,11,23H,10H2,1-5H3. The Kier molecular flexibility index (Phi) is 5.59. The summed E-state index contributed by atoms with van der Waals surface area (Å²) in [6.45, 7) is 7.15. The highest BCUT2D eigenvalue weighted by molar-refractivity contribution is 6.02. The van der Waals surface area contributed by atoms with E-state index >= 15 is 0 Å². The molecule has 0 spiro atoms. The topological polar surface area (TPSA) is 98.6 Å². The second-order valence-corrected chi connectivity index (χ2v) is 7.16. The Morgan fingerprint density at radius 3 is 2.55 bits per heavy atom. The molecule has 0 saturated heterocycles. The number of Topliss-reactive ketones (excluding diaryl/α,β-unsaturated/α-hetero) is 1. The highest BCUT2D eigenvalue weighted by Crippen LogP contribution is 2.27. The molecule has 2 heterocycles. The van der Waals surface area contributed by atoms with E-state index in [2.05, 4.69) is 4.98 Å². The predicted octanol–water partition coefficient (Wildman–Crippen LogP) is 3.91. The van der Waals surface area contributed by atoms with E-state index in [1.54, 1.807) is 26.0 Å². The van der Waals surface area contributed by atoms with Crippen LogP contribution in [0.4, 0.5) is 0 Å². The number of carbonyl (C=O) groups excluding carboxylic acids is 2. The molecule has 29 heavy (non-hydrogen) atoms. The summed E-state index contributed by atoms with van der Waals surface area (Å²) in [7, 11) is 1.29. The molecule has 1 N–H and O–H groups in total. The molecule has 1 aromatic carbocycles. The van der Waals surface area contributed by atoms with Crippen molar-refractivity contribution in [3.8, 4) is 5.75 Å². The zero-order valence-electron chi connectivity index (χ0n) is 17.0. The minimum atomic E-state index is -0.498. The maximum absolute atomic E-state index is 12.6. The molecule has 0 bridgehead atoms.